The standard InChI is InChI=1S/C9H10ClFO/c1-6(10)8-5-7(12-2)3-4-9(8)11/h3-6H,1-2H3. The van der Waals surface area contributed by atoms with Crippen molar-refractivity contribution in [1.29, 1.82) is 0 Å². The molecule has 1 aromatic carbocycles. The minimum absolute atomic E-state index is 0.293. The van der Waals surface area contributed by atoms with E-state index in [-0.39, 0.29) is 11.2 Å². The zero-order chi connectivity index (χ0) is 9.14. The van der Waals surface area contributed by atoms with Gasteiger partial charge >= 0.3 is 0 Å². The molecular formula is C9H10ClFO. The Morgan fingerprint density at radius 1 is 1.50 bits per heavy atom. The van der Waals surface area contributed by atoms with E-state index in [0.29, 0.717) is 11.3 Å². The summed E-state index contributed by atoms with van der Waals surface area (Å²) >= 11 is 5.74. The molecule has 0 aliphatic carbocycles. The Hall–Kier alpha value is -0.760. The van der Waals surface area contributed by atoms with Crippen molar-refractivity contribution in [2.24, 2.45) is 0 Å². The molecule has 0 saturated carbocycles. The molecule has 3 heteroatoms. The third kappa shape index (κ3) is 1.89. The van der Waals surface area contributed by atoms with Crippen LogP contribution in [0.3, 0.4) is 0 Å². The van der Waals surface area contributed by atoms with Crippen LogP contribution in [-0.2, 0) is 0 Å². The first kappa shape index (κ1) is 9.33. The highest BCUT2D eigenvalue weighted by atomic mass is 35.5. The summed E-state index contributed by atoms with van der Waals surface area (Å²) in [5, 5.41) is -0.333. The summed E-state index contributed by atoms with van der Waals surface area (Å²) in [6, 6.07) is 4.53. The molecule has 0 radical (unpaired) electrons. The molecule has 0 fully saturated rings. The molecule has 1 rings (SSSR count). The summed E-state index contributed by atoms with van der Waals surface area (Å²) in [4.78, 5) is 0. The number of methoxy groups -OCH3 is 1. The molecule has 12 heavy (non-hydrogen) atoms. The largest absolute Gasteiger partial charge is 0.497 e. The zero-order valence-corrected chi connectivity index (χ0v) is 7.73. The van der Waals surface area contributed by atoms with Crippen molar-refractivity contribution in [3.05, 3.63) is 29.6 Å². The Morgan fingerprint density at radius 3 is 2.67 bits per heavy atom. The maximum atomic E-state index is 13.0. The Kier molecular flexibility index (Phi) is 2.93. The van der Waals surface area contributed by atoms with Crippen LogP contribution >= 0.6 is 11.6 Å². The number of hydrogen-bond donors (Lipinski definition) is 0. The van der Waals surface area contributed by atoms with Crippen molar-refractivity contribution in [2.45, 2.75) is 12.3 Å². The first-order valence-electron chi connectivity index (χ1n) is 3.62. The molecule has 0 aliphatic rings. The van der Waals surface area contributed by atoms with E-state index < -0.39 is 0 Å². The van der Waals surface area contributed by atoms with E-state index in [4.69, 9.17) is 16.3 Å². The molecule has 1 aromatic rings. The van der Waals surface area contributed by atoms with Gasteiger partial charge in [0.15, 0.2) is 0 Å². The van der Waals surface area contributed by atoms with Crippen molar-refractivity contribution >= 4 is 11.6 Å². The van der Waals surface area contributed by atoms with E-state index in [1.54, 1.807) is 19.1 Å². The van der Waals surface area contributed by atoms with Gasteiger partial charge in [0.2, 0.25) is 0 Å². The Morgan fingerprint density at radius 2 is 2.17 bits per heavy atom. The number of ether oxygens (including phenoxy) is 1. The first-order chi connectivity index (χ1) is 5.65. The van der Waals surface area contributed by atoms with Crippen molar-refractivity contribution in [3.63, 3.8) is 0 Å². The van der Waals surface area contributed by atoms with Crippen LogP contribution in [0, 0.1) is 5.82 Å². The van der Waals surface area contributed by atoms with Gasteiger partial charge in [-0.1, -0.05) is 0 Å². The number of hydrogen-bond acceptors (Lipinski definition) is 1. The second-order valence-corrected chi connectivity index (χ2v) is 3.16. The molecule has 0 bridgehead atoms. The Bertz CT molecular complexity index is 273. The minimum atomic E-state index is -0.333. The summed E-state index contributed by atoms with van der Waals surface area (Å²) < 4.78 is 18.0. The summed E-state index contributed by atoms with van der Waals surface area (Å²) in [6.07, 6.45) is 0. The highest BCUT2D eigenvalue weighted by Crippen LogP contribution is 2.26. The highest BCUT2D eigenvalue weighted by Gasteiger charge is 2.08. The van der Waals surface area contributed by atoms with Crippen molar-refractivity contribution in [1.82, 2.24) is 0 Å². The molecule has 66 valence electrons. The molecule has 0 aliphatic heterocycles. The van der Waals surface area contributed by atoms with Gasteiger partial charge in [-0.15, -0.1) is 11.6 Å². The lowest BCUT2D eigenvalue weighted by Gasteiger charge is -2.06. The number of alkyl halides is 1. The molecule has 0 spiro atoms. The summed E-state index contributed by atoms with van der Waals surface area (Å²) in [5.41, 5.74) is 0.469. The van der Waals surface area contributed by atoms with E-state index in [1.165, 1.54) is 13.2 Å². The average molecular weight is 189 g/mol. The van der Waals surface area contributed by atoms with E-state index in [2.05, 4.69) is 0 Å². The number of halogens is 2. The van der Waals surface area contributed by atoms with Crippen molar-refractivity contribution in [2.75, 3.05) is 7.11 Å². The summed E-state index contributed by atoms with van der Waals surface area (Å²) in [7, 11) is 1.54. The molecule has 0 N–H and O–H groups in total. The highest BCUT2D eigenvalue weighted by molar-refractivity contribution is 6.20. The molecule has 1 unspecified atom stereocenters. The summed E-state index contributed by atoms with van der Waals surface area (Å²) in [5.74, 6) is 0.331. The molecule has 1 atom stereocenters. The van der Waals surface area contributed by atoms with Crippen LogP contribution in [0.1, 0.15) is 17.9 Å². The fourth-order valence-corrected chi connectivity index (χ4v) is 1.12. The van der Waals surface area contributed by atoms with Gasteiger partial charge in [-0.2, -0.15) is 0 Å². The van der Waals surface area contributed by atoms with Gasteiger partial charge in [-0.3, -0.25) is 0 Å². The first-order valence-corrected chi connectivity index (χ1v) is 4.06. The van der Waals surface area contributed by atoms with Gasteiger partial charge in [0.1, 0.15) is 11.6 Å². The van der Waals surface area contributed by atoms with Gasteiger partial charge in [0, 0.05) is 5.56 Å². The molecule has 1 nitrogen and oxygen atoms in total. The van der Waals surface area contributed by atoms with Crippen LogP contribution in [0.25, 0.3) is 0 Å². The SMILES string of the molecule is COc1ccc(F)c(C(C)Cl)c1. The van der Waals surface area contributed by atoms with Gasteiger partial charge < -0.3 is 4.74 Å². The molecule has 0 aromatic heterocycles. The second kappa shape index (κ2) is 3.76. The third-order valence-corrected chi connectivity index (χ3v) is 1.87. The maximum Gasteiger partial charge on any atom is 0.128 e. The van der Waals surface area contributed by atoms with Gasteiger partial charge in [-0.05, 0) is 25.1 Å². The van der Waals surface area contributed by atoms with Crippen LogP contribution in [-0.4, -0.2) is 7.11 Å². The maximum absolute atomic E-state index is 13.0. The lowest BCUT2D eigenvalue weighted by Crippen LogP contribution is -1.92. The topological polar surface area (TPSA) is 9.23 Å². The monoisotopic (exact) mass is 188 g/mol. The molecule has 0 heterocycles. The van der Waals surface area contributed by atoms with Crippen LogP contribution < -0.4 is 4.74 Å². The predicted octanol–water partition coefficient (Wildman–Crippen LogP) is 3.13. The van der Waals surface area contributed by atoms with Crippen LogP contribution in [0.4, 0.5) is 4.39 Å². The lowest BCUT2D eigenvalue weighted by atomic mass is 10.1. The van der Waals surface area contributed by atoms with E-state index in [1.807, 2.05) is 0 Å². The second-order valence-electron chi connectivity index (χ2n) is 2.50. The van der Waals surface area contributed by atoms with E-state index >= 15 is 0 Å². The van der Waals surface area contributed by atoms with Gasteiger partial charge in [0.05, 0.1) is 12.5 Å². The minimum Gasteiger partial charge on any atom is -0.497 e. The Balaban J connectivity index is 3.08. The van der Waals surface area contributed by atoms with Crippen LogP contribution in [0.2, 0.25) is 0 Å². The quantitative estimate of drug-likeness (QED) is 0.648. The number of benzene rings is 1. The summed E-state index contributed by atoms with van der Waals surface area (Å²) in [6.45, 7) is 1.72. The van der Waals surface area contributed by atoms with Crippen molar-refractivity contribution < 1.29 is 9.13 Å². The molecule has 0 saturated heterocycles. The predicted molar refractivity (Wildman–Crippen MR) is 47.2 cm³/mol. The van der Waals surface area contributed by atoms with Crippen LogP contribution in [0.15, 0.2) is 18.2 Å². The smallest absolute Gasteiger partial charge is 0.128 e. The van der Waals surface area contributed by atoms with Gasteiger partial charge in [-0.25, -0.2) is 4.39 Å². The Labute approximate surface area is 76.1 Å². The van der Waals surface area contributed by atoms with E-state index in [9.17, 15) is 4.39 Å². The zero-order valence-electron chi connectivity index (χ0n) is 6.97. The fraction of sp³-hybridized carbons (Fsp3) is 0.333. The van der Waals surface area contributed by atoms with Gasteiger partial charge in [0.25, 0.3) is 0 Å². The van der Waals surface area contributed by atoms with Crippen LogP contribution in [0.5, 0.6) is 5.75 Å². The molecule has 0 amide bonds. The lowest BCUT2D eigenvalue weighted by molar-refractivity contribution is 0.412. The number of rotatable bonds is 2. The van der Waals surface area contributed by atoms with E-state index in [0.717, 1.165) is 0 Å². The average Bonchev–Trinajstić information content (AvgIpc) is 2.05. The third-order valence-electron chi connectivity index (χ3n) is 1.63. The fourth-order valence-electron chi connectivity index (χ4n) is 0.954. The molecular weight excluding hydrogens is 179 g/mol. The van der Waals surface area contributed by atoms with Crippen molar-refractivity contribution in [3.8, 4) is 5.75 Å². The normalized spacial score (nSPS) is 12.7.